The van der Waals surface area contributed by atoms with Crippen LogP contribution in [0.15, 0.2) is 12.1 Å². The van der Waals surface area contributed by atoms with Crippen molar-refractivity contribution in [3.05, 3.63) is 23.3 Å². The molecule has 7 atom stereocenters. The number of carbonyl (C=O) groups is 1. The van der Waals surface area contributed by atoms with Gasteiger partial charge in [0.15, 0.2) is 11.5 Å². The molecule has 2 unspecified atom stereocenters. The molecular weight excluding hydrogens is 418 g/mol. The lowest BCUT2D eigenvalue weighted by molar-refractivity contribution is -0.147. The smallest absolute Gasteiger partial charge is 0.310 e. The molecule has 4 fully saturated rings. The van der Waals surface area contributed by atoms with Gasteiger partial charge in [0, 0.05) is 25.0 Å². The summed E-state index contributed by atoms with van der Waals surface area (Å²) in [6.07, 6.45) is 6.77. The van der Waals surface area contributed by atoms with Crippen molar-refractivity contribution in [1.29, 1.82) is 0 Å². The van der Waals surface area contributed by atoms with E-state index >= 15 is 0 Å². The fourth-order valence-electron chi connectivity index (χ4n) is 7.86. The molecule has 6 heteroatoms. The molecule has 1 aromatic carbocycles. The maximum atomic E-state index is 13.1. The van der Waals surface area contributed by atoms with Gasteiger partial charge in [0.2, 0.25) is 0 Å². The minimum absolute atomic E-state index is 0.0170. The second-order valence-electron chi connectivity index (χ2n) is 11.4. The number of methoxy groups -OCH3 is 2. The van der Waals surface area contributed by atoms with E-state index in [1.807, 2.05) is 0 Å². The highest BCUT2D eigenvalue weighted by molar-refractivity contribution is 5.75. The molecule has 180 valence electrons. The molecule has 0 bridgehead atoms. The highest BCUT2D eigenvalue weighted by Crippen LogP contribution is 2.63. The van der Waals surface area contributed by atoms with Gasteiger partial charge in [0.1, 0.15) is 6.10 Å². The molecular formula is C27H37NO5. The molecule has 3 heterocycles. The Morgan fingerprint density at radius 1 is 1.18 bits per heavy atom. The number of hydrogen-bond donors (Lipinski definition) is 0. The van der Waals surface area contributed by atoms with Gasteiger partial charge in [-0.05, 0) is 80.0 Å². The third kappa shape index (κ3) is 3.31. The SMILES string of the molecule is COc1cc2c(cc1OC)[C@H](C)N(CC1C(=O)O[C@@H]3C[C@@]4(C)CCC[C@]5(CO5)C4C[C@H]13)CC2. The zero-order chi connectivity index (χ0) is 23.0. The Balaban J connectivity index is 1.22. The summed E-state index contributed by atoms with van der Waals surface area (Å²) in [5.74, 6) is 2.41. The Hall–Kier alpha value is -1.79. The molecule has 6 nitrogen and oxygen atoms in total. The molecule has 5 aliphatic rings. The Bertz CT molecular complexity index is 958. The summed E-state index contributed by atoms with van der Waals surface area (Å²) in [6, 6.07) is 4.45. The number of benzene rings is 1. The molecule has 2 saturated heterocycles. The van der Waals surface area contributed by atoms with E-state index in [1.54, 1.807) is 14.2 Å². The topological polar surface area (TPSA) is 60.5 Å². The van der Waals surface area contributed by atoms with Gasteiger partial charge in [0.05, 0.1) is 32.3 Å². The van der Waals surface area contributed by atoms with Crippen molar-refractivity contribution in [2.24, 2.45) is 23.2 Å². The van der Waals surface area contributed by atoms with Crippen LogP contribution in [-0.2, 0) is 20.7 Å². The van der Waals surface area contributed by atoms with Crippen LogP contribution in [0.2, 0.25) is 0 Å². The average Bonchev–Trinajstić information content (AvgIpc) is 3.51. The molecule has 0 amide bonds. The highest BCUT2D eigenvalue weighted by atomic mass is 16.6. The van der Waals surface area contributed by atoms with Crippen molar-refractivity contribution in [2.75, 3.05) is 33.9 Å². The first-order valence-electron chi connectivity index (χ1n) is 12.7. The van der Waals surface area contributed by atoms with Crippen LogP contribution in [0.1, 0.15) is 63.1 Å². The Morgan fingerprint density at radius 2 is 1.94 bits per heavy atom. The van der Waals surface area contributed by atoms with Crippen LogP contribution in [0.5, 0.6) is 11.5 Å². The lowest BCUT2D eigenvalue weighted by Crippen LogP contribution is -2.51. The Labute approximate surface area is 196 Å². The van der Waals surface area contributed by atoms with Gasteiger partial charge >= 0.3 is 5.97 Å². The maximum Gasteiger partial charge on any atom is 0.310 e. The van der Waals surface area contributed by atoms with Crippen LogP contribution >= 0.6 is 0 Å². The molecule has 0 radical (unpaired) electrons. The van der Waals surface area contributed by atoms with Crippen LogP contribution < -0.4 is 9.47 Å². The van der Waals surface area contributed by atoms with Gasteiger partial charge < -0.3 is 18.9 Å². The minimum Gasteiger partial charge on any atom is -0.493 e. The zero-order valence-electron chi connectivity index (χ0n) is 20.4. The van der Waals surface area contributed by atoms with Crippen molar-refractivity contribution < 1.29 is 23.7 Å². The number of hydrogen-bond acceptors (Lipinski definition) is 6. The van der Waals surface area contributed by atoms with E-state index in [-0.39, 0.29) is 35.0 Å². The lowest BCUT2D eigenvalue weighted by atomic mass is 9.53. The number of epoxide rings is 1. The third-order valence-electron chi connectivity index (χ3n) is 9.82. The highest BCUT2D eigenvalue weighted by Gasteiger charge is 2.65. The summed E-state index contributed by atoms with van der Waals surface area (Å²) in [7, 11) is 3.37. The molecule has 0 aromatic heterocycles. The summed E-state index contributed by atoms with van der Waals surface area (Å²) in [6.45, 7) is 7.29. The van der Waals surface area contributed by atoms with Gasteiger partial charge in [0.25, 0.3) is 0 Å². The van der Waals surface area contributed by atoms with Crippen molar-refractivity contribution in [2.45, 2.75) is 70.1 Å². The van der Waals surface area contributed by atoms with Crippen molar-refractivity contribution in [1.82, 2.24) is 4.90 Å². The van der Waals surface area contributed by atoms with Crippen molar-refractivity contribution in [3.8, 4) is 11.5 Å². The van der Waals surface area contributed by atoms with Crippen molar-refractivity contribution in [3.63, 3.8) is 0 Å². The fourth-order valence-corrected chi connectivity index (χ4v) is 7.86. The normalized spacial score (nSPS) is 41.7. The Kier molecular flexibility index (Phi) is 5.01. The first-order chi connectivity index (χ1) is 15.9. The largest absolute Gasteiger partial charge is 0.493 e. The maximum absolute atomic E-state index is 13.1. The molecule has 3 aliphatic heterocycles. The number of fused-ring (bicyclic) bond motifs is 4. The molecule has 1 aromatic rings. The second kappa shape index (κ2) is 7.61. The van der Waals surface area contributed by atoms with E-state index in [1.165, 1.54) is 30.4 Å². The average molecular weight is 456 g/mol. The molecule has 6 rings (SSSR count). The van der Waals surface area contributed by atoms with Crippen LogP contribution in [0.4, 0.5) is 0 Å². The number of carbonyl (C=O) groups excluding carboxylic acids is 1. The van der Waals surface area contributed by atoms with Gasteiger partial charge in [-0.2, -0.15) is 0 Å². The molecule has 2 aliphatic carbocycles. The summed E-state index contributed by atoms with van der Waals surface area (Å²) in [5, 5.41) is 0. The minimum atomic E-state index is -0.0404. The van der Waals surface area contributed by atoms with Crippen LogP contribution in [0.25, 0.3) is 0 Å². The predicted molar refractivity (Wildman–Crippen MR) is 123 cm³/mol. The van der Waals surface area contributed by atoms with E-state index < -0.39 is 0 Å². The third-order valence-corrected chi connectivity index (χ3v) is 9.82. The summed E-state index contributed by atoms with van der Waals surface area (Å²) < 4.78 is 23.2. The summed E-state index contributed by atoms with van der Waals surface area (Å²) in [5.41, 5.74) is 2.93. The van der Waals surface area contributed by atoms with Gasteiger partial charge in [-0.15, -0.1) is 0 Å². The Morgan fingerprint density at radius 3 is 2.67 bits per heavy atom. The zero-order valence-corrected chi connectivity index (χ0v) is 20.4. The quantitative estimate of drug-likeness (QED) is 0.502. The summed E-state index contributed by atoms with van der Waals surface area (Å²) >= 11 is 0. The van der Waals surface area contributed by atoms with Gasteiger partial charge in [-0.25, -0.2) is 0 Å². The van der Waals surface area contributed by atoms with Crippen LogP contribution in [-0.4, -0.2) is 56.5 Å². The van der Waals surface area contributed by atoms with E-state index in [0.29, 0.717) is 11.8 Å². The van der Waals surface area contributed by atoms with E-state index in [2.05, 4.69) is 30.9 Å². The van der Waals surface area contributed by atoms with Crippen molar-refractivity contribution >= 4 is 5.97 Å². The number of nitrogens with zero attached hydrogens (tertiary/aromatic N) is 1. The van der Waals surface area contributed by atoms with E-state index in [4.69, 9.17) is 18.9 Å². The standard InChI is InChI=1S/C27H37NO5/c1-16-18-11-22(31-4)21(30-3)10-17(18)6-9-28(16)14-20-19-12-24-26(2,13-23(19)33-25(20)29)7-5-8-27(24)15-32-27/h10-11,16,19-20,23-24H,5-9,12-15H2,1-4H3/t16-,19+,20?,23+,24?,26+,27-/m0/s1. The molecule has 0 N–H and O–H groups in total. The van der Waals surface area contributed by atoms with Gasteiger partial charge in [-0.3, -0.25) is 9.69 Å². The molecule has 33 heavy (non-hydrogen) atoms. The predicted octanol–water partition coefficient (Wildman–Crippen LogP) is 4.15. The first-order valence-corrected chi connectivity index (χ1v) is 12.7. The van der Waals surface area contributed by atoms with Crippen LogP contribution in [0.3, 0.4) is 0 Å². The van der Waals surface area contributed by atoms with Gasteiger partial charge in [-0.1, -0.05) is 6.92 Å². The number of ether oxygens (including phenoxy) is 4. The van der Waals surface area contributed by atoms with E-state index in [9.17, 15) is 4.79 Å². The molecule has 2 saturated carbocycles. The van der Waals surface area contributed by atoms with E-state index in [0.717, 1.165) is 50.5 Å². The molecule has 1 spiro atoms. The number of esters is 1. The lowest BCUT2D eigenvalue weighted by Gasteiger charge is -2.51. The second-order valence-corrected chi connectivity index (χ2v) is 11.4. The summed E-state index contributed by atoms with van der Waals surface area (Å²) in [4.78, 5) is 15.6. The monoisotopic (exact) mass is 455 g/mol. The first kappa shape index (κ1) is 21.7. The fraction of sp³-hybridized carbons (Fsp3) is 0.741. The van der Waals surface area contributed by atoms with Crippen LogP contribution in [0, 0.1) is 23.2 Å². The number of rotatable bonds is 4.